The van der Waals surface area contributed by atoms with Crippen LogP contribution >= 0.6 is 34.8 Å². The molecule has 2 unspecified atom stereocenters. The fourth-order valence-corrected chi connectivity index (χ4v) is 1.54. The maximum atomic E-state index is 10.6. The fraction of sp³-hybridized carbons (Fsp3) is 0.333. The number of nitrogens with two attached hydrogens (primary N) is 1. The van der Waals surface area contributed by atoms with Gasteiger partial charge in [0.1, 0.15) is 10.2 Å². The number of aliphatic imine (C=N–C) groups is 1. The Labute approximate surface area is 89.0 Å². The lowest BCUT2D eigenvalue weighted by molar-refractivity contribution is -0.138. The minimum atomic E-state index is -1.62. The summed E-state index contributed by atoms with van der Waals surface area (Å²) >= 11 is 16.7. The monoisotopic (exact) mass is 242 g/mol. The number of alkyl halides is 1. The van der Waals surface area contributed by atoms with Gasteiger partial charge in [-0.3, -0.25) is 4.99 Å². The van der Waals surface area contributed by atoms with Gasteiger partial charge >= 0.3 is 5.97 Å². The number of allylic oxidation sites excluding steroid dienone is 1. The maximum absolute atomic E-state index is 10.6. The van der Waals surface area contributed by atoms with Gasteiger partial charge in [0, 0.05) is 0 Å². The minimum Gasteiger partial charge on any atom is -0.480 e. The van der Waals surface area contributed by atoms with Crippen molar-refractivity contribution in [3.63, 3.8) is 0 Å². The van der Waals surface area contributed by atoms with Gasteiger partial charge in [0.25, 0.3) is 0 Å². The molecule has 1 rings (SSSR count). The molecule has 1 heterocycles. The Balaban J connectivity index is 3.09. The highest BCUT2D eigenvalue weighted by Crippen LogP contribution is 2.28. The molecule has 0 saturated heterocycles. The number of nitrogens with zero attached hydrogens (tertiary/aromatic N) is 1. The van der Waals surface area contributed by atoms with Gasteiger partial charge in [-0.25, -0.2) is 4.79 Å². The van der Waals surface area contributed by atoms with E-state index in [9.17, 15) is 4.79 Å². The molecule has 0 aromatic carbocycles. The molecule has 0 saturated carbocycles. The van der Waals surface area contributed by atoms with Crippen LogP contribution in [0, 0.1) is 0 Å². The predicted octanol–water partition coefficient (Wildman–Crippen LogP) is 1.11. The van der Waals surface area contributed by atoms with E-state index in [0.29, 0.717) is 0 Å². The molecule has 4 nitrogen and oxygen atoms in total. The number of hydrogen-bond donors (Lipinski definition) is 2. The van der Waals surface area contributed by atoms with Crippen molar-refractivity contribution in [2.75, 3.05) is 0 Å². The van der Waals surface area contributed by atoms with Crippen molar-refractivity contribution in [3.05, 3.63) is 11.1 Å². The first-order valence-corrected chi connectivity index (χ1v) is 4.30. The third-order valence-electron chi connectivity index (χ3n) is 1.44. The van der Waals surface area contributed by atoms with Gasteiger partial charge in [-0.2, -0.15) is 0 Å². The molecule has 7 heteroatoms. The summed E-state index contributed by atoms with van der Waals surface area (Å²) in [6.45, 7) is 0. The Morgan fingerprint density at radius 1 is 1.69 bits per heavy atom. The zero-order valence-electron chi connectivity index (χ0n) is 6.17. The summed E-state index contributed by atoms with van der Waals surface area (Å²) in [4.78, 5) is 12.5. The zero-order valence-corrected chi connectivity index (χ0v) is 8.44. The van der Waals surface area contributed by atoms with Crippen molar-refractivity contribution in [3.8, 4) is 0 Å². The third-order valence-corrected chi connectivity index (χ3v) is 2.44. The summed E-state index contributed by atoms with van der Waals surface area (Å²) in [5.74, 6) is -1.25. The largest absolute Gasteiger partial charge is 0.480 e. The summed E-state index contributed by atoms with van der Waals surface area (Å²) in [7, 11) is 0. The summed E-state index contributed by atoms with van der Waals surface area (Å²) in [6.07, 6.45) is 1.16. The van der Waals surface area contributed by atoms with Crippen molar-refractivity contribution >= 4 is 45.9 Å². The highest BCUT2D eigenvalue weighted by molar-refractivity contribution is 6.76. The Hall–Kier alpha value is -0.290. The van der Waals surface area contributed by atoms with Gasteiger partial charge < -0.3 is 10.8 Å². The molecule has 13 heavy (non-hydrogen) atoms. The lowest BCUT2D eigenvalue weighted by Gasteiger charge is -2.26. The Morgan fingerprint density at radius 3 is 2.69 bits per heavy atom. The smallest absolute Gasteiger partial charge is 0.332 e. The second-order valence-corrected chi connectivity index (χ2v) is 3.90. The van der Waals surface area contributed by atoms with E-state index in [4.69, 9.17) is 45.6 Å². The average molecular weight is 243 g/mol. The van der Waals surface area contributed by atoms with Gasteiger partial charge in [-0.15, -0.1) is 0 Å². The van der Waals surface area contributed by atoms with Gasteiger partial charge in [0.15, 0.2) is 6.04 Å². The first-order chi connectivity index (χ1) is 5.84. The normalized spacial score (nSPS) is 33.7. The molecule has 0 aliphatic carbocycles. The van der Waals surface area contributed by atoms with E-state index >= 15 is 0 Å². The molecular formula is C6H5Cl3N2O2. The van der Waals surface area contributed by atoms with Crippen LogP contribution in [-0.2, 0) is 4.79 Å². The predicted molar refractivity (Wildman–Crippen MR) is 51.4 cm³/mol. The van der Waals surface area contributed by atoms with E-state index in [0.717, 1.165) is 6.08 Å². The Bertz CT molecular complexity index is 311. The molecule has 72 valence electrons. The standard InChI is InChI=1S/C6H5Cl3N2O2/c7-2-1-6(9,10)3(5(12)13)11-4(2)8/h1,3H,10H2,(H,12,13). The van der Waals surface area contributed by atoms with Crippen LogP contribution in [0.15, 0.2) is 16.1 Å². The van der Waals surface area contributed by atoms with Gasteiger partial charge in [-0.1, -0.05) is 34.8 Å². The number of carboxylic acid groups (broad SMARTS) is 1. The topological polar surface area (TPSA) is 75.7 Å². The summed E-state index contributed by atoms with van der Waals surface area (Å²) < 4.78 is 0. The second kappa shape index (κ2) is 3.46. The summed E-state index contributed by atoms with van der Waals surface area (Å²) in [5.41, 5.74) is 5.43. The maximum Gasteiger partial charge on any atom is 0.332 e. The van der Waals surface area contributed by atoms with E-state index in [1.165, 1.54) is 0 Å². The van der Waals surface area contributed by atoms with Crippen molar-refractivity contribution in [1.29, 1.82) is 0 Å². The summed E-state index contributed by atoms with van der Waals surface area (Å²) in [6, 6.07) is -1.32. The molecule has 1 aliphatic heterocycles. The third kappa shape index (κ3) is 2.14. The van der Waals surface area contributed by atoms with Gasteiger partial charge in [0.2, 0.25) is 0 Å². The SMILES string of the molecule is NC1(Cl)C=C(Cl)C(Cl)=NC1C(=O)O. The van der Waals surface area contributed by atoms with Crippen LogP contribution in [0.4, 0.5) is 0 Å². The lowest BCUT2D eigenvalue weighted by atomic mass is 10.1. The van der Waals surface area contributed by atoms with Crippen LogP contribution in [0.5, 0.6) is 0 Å². The van der Waals surface area contributed by atoms with Crippen LogP contribution in [0.1, 0.15) is 0 Å². The molecule has 0 aromatic heterocycles. The van der Waals surface area contributed by atoms with Gasteiger partial charge in [-0.05, 0) is 6.08 Å². The number of halogens is 3. The van der Waals surface area contributed by atoms with Crippen molar-refractivity contribution in [2.24, 2.45) is 10.7 Å². The number of dihydropyridines is 1. The van der Waals surface area contributed by atoms with Crippen LogP contribution in [0.3, 0.4) is 0 Å². The quantitative estimate of drug-likeness (QED) is 0.535. The Morgan fingerprint density at radius 2 is 2.23 bits per heavy atom. The number of carbonyl (C=O) groups is 1. The zero-order chi connectivity index (χ0) is 10.2. The molecule has 0 aromatic rings. The van der Waals surface area contributed by atoms with E-state index in [2.05, 4.69) is 4.99 Å². The number of carboxylic acids is 1. The fourth-order valence-electron chi connectivity index (χ4n) is 0.851. The van der Waals surface area contributed by atoms with E-state index in [1.807, 2.05) is 0 Å². The van der Waals surface area contributed by atoms with Gasteiger partial charge in [0.05, 0.1) is 5.03 Å². The number of hydrogen-bond acceptors (Lipinski definition) is 3. The minimum absolute atomic E-state index is 0.0525. The van der Waals surface area contributed by atoms with Crippen LogP contribution < -0.4 is 5.73 Å². The van der Waals surface area contributed by atoms with E-state index in [-0.39, 0.29) is 10.2 Å². The number of rotatable bonds is 1. The molecule has 0 radical (unpaired) electrons. The highest BCUT2D eigenvalue weighted by atomic mass is 35.5. The number of aliphatic carboxylic acids is 1. The molecular weight excluding hydrogens is 238 g/mol. The van der Waals surface area contributed by atoms with Crippen LogP contribution in [-0.4, -0.2) is 27.3 Å². The van der Waals surface area contributed by atoms with E-state index in [1.54, 1.807) is 0 Å². The molecule has 0 amide bonds. The molecule has 0 spiro atoms. The summed E-state index contributed by atoms with van der Waals surface area (Å²) in [5, 5.41) is 8.63. The van der Waals surface area contributed by atoms with Crippen molar-refractivity contribution < 1.29 is 9.90 Å². The lowest BCUT2D eigenvalue weighted by Crippen LogP contribution is -2.49. The molecule has 2 atom stereocenters. The van der Waals surface area contributed by atoms with Crippen molar-refractivity contribution in [2.45, 2.75) is 11.0 Å². The first-order valence-electron chi connectivity index (χ1n) is 3.17. The Kier molecular flexibility index (Phi) is 2.87. The molecule has 0 fully saturated rings. The molecule has 1 aliphatic rings. The van der Waals surface area contributed by atoms with Crippen molar-refractivity contribution in [1.82, 2.24) is 0 Å². The molecule has 3 N–H and O–H groups in total. The van der Waals surface area contributed by atoms with E-state index < -0.39 is 17.0 Å². The second-order valence-electron chi connectivity index (χ2n) is 2.48. The van der Waals surface area contributed by atoms with Crippen LogP contribution in [0.2, 0.25) is 0 Å². The highest BCUT2D eigenvalue weighted by Gasteiger charge is 2.40. The van der Waals surface area contributed by atoms with Crippen LogP contribution in [0.25, 0.3) is 0 Å². The first kappa shape index (κ1) is 10.8. The molecule has 0 bridgehead atoms. The average Bonchev–Trinajstić information content (AvgIpc) is 1.95.